The Morgan fingerprint density at radius 1 is 1.14 bits per heavy atom. The van der Waals surface area contributed by atoms with Gasteiger partial charge in [-0.25, -0.2) is 0 Å². The number of anilines is 1. The van der Waals surface area contributed by atoms with Crippen LogP contribution in [0.5, 0.6) is 23.0 Å². The third-order valence-corrected chi connectivity index (χ3v) is 5.19. The SMILES string of the molecule is COc1cc(NC(=O)C2CCOc3c(OC)cccc32)cc2c1OC(C)(C)C2. The molecule has 0 spiro atoms. The molecule has 0 saturated carbocycles. The van der Waals surface area contributed by atoms with Gasteiger partial charge in [0.2, 0.25) is 5.91 Å². The lowest BCUT2D eigenvalue weighted by molar-refractivity contribution is -0.118. The summed E-state index contributed by atoms with van der Waals surface area (Å²) in [6, 6.07) is 9.41. The Labute approximate surface area is 164 Å². The first-order chi connectivity index (χ1) is 13.4. The van der Waals surface area contributed by atoms with E-state index in [1.165, 1.54) is 0 Å². The Morgan fingerprint density at radius 2 is 1.93 bits per heavy atom. The minimum absolute atomic E-state index is 0.0713. The lowest BCUT2D eigenvalue weighted by Gasteiger charge is -2.26. The third kappa shape index (κ3) is 3.23. The summed E-state index contributed by atoms with van der Waals surface area (Å²) in [5.41, 5.74) is 2.31. The second-order valence-corrected chi connectivity index (χ2v) is 7.76. The molecule has 2 aromatic rings. The lowest BCUT2D eigenvalue weighted by atomic mass is 9.91. The molecule has 0 bridgehead atoms. The van der Waals surface area contributed by atoms with Crippen LogP contribution in [0.3, 0.4) is 0 Å². The van der Waals surface area contributed by atoms with E-state index in [9.17, 15) is 4.79 Å². The fourth-order valence-electron chi connectivity index (χ4n) is 3.96. The van der Waals surface area contributed by atoms with Gasteiger partial charge in [0, 0.05) is 29.3 Å². The van der Waals surface area contributed by atoms with Crippen molar-refractivity contribution < 1.29 is 23.7 Å². The van der Waals surface area contributed by atoms with Gasteiger partial charge in [-0.15, -0.1) is 0 Å². The van der Waals surface area contributed by atoms with Gasteiger partial charge in [0.15, 0.2) is 23.0 Å². The fraction of sp³-hybridized carbons (Fsp3) is 0.409. The van der Waals surface area contributed by atoms with E-state index in [0.29, 0.717) is 36.0 Å². The molecular weight excluding hydrogens is 358 g/mol. The molecule has 0 fully saturated rings. The van der Waals surface area contributed by atoms with Crippen molar-refractivity contribution >= 4 is 11.6 Å². The highest BCUT2D eigenvalue weighted by atomic mass is 16.5. The first-order valence-electron chi connectivity index (χ1n) is 9.42. The molecule has 1 N–H and O–H groups in total. The van der Waals surface area contributed by atoms with Gasteiger partial charge < -0.3 is 24.3 Å². The van der Waals surface area contributed by atoms with Crippen molar-refractivity contribution in [1.82, 2.24) is 0 Å². The number of methoxy groups -OCH3 is 2. The summed E-state index contributed by atoms with van der Waals surface area (Å²) in [7, 11) is 3.21. The van der Waals surface area contributed by atoms with E-state index >= 15 is 0 Å². The predicted octanol–water partition coefficient (Wildman–Crippen LogP) is 3.92. The van der Waals surface area contributed by atoms with Crippen molar-refractivity contribution in [3.63, 3.8) is 0 Å². The number of fused-ring (bicyclic) bond motifs is 2. The Hall–Kier alpha value is -2.89. The molecule has 2 aliphatic rings. The molecule has 1 unspecified atom stereocenters. The molecular formula is C22H25NO5. The van der Waals surface area contributed by atoms with Crippen molar-refractivity contribution in [3.8, 4) is 23.0 Å². The number of carbonyl (C=O) groups excluding carboxylic acids is 1. The number of rotatable bonds is 4. The number of carbonyl (C=O) groups is 1. The van der Waals surface area contributed by atoms with E-state index in [1.54, 1.807) is 14.2 Å². The molecule has 2 aliphatic heterocycles. The summed E-state index contributed by atoms with van der Waals surface area (Å²) in [5, 5.41) is 3.05. The number of hydrogen-bond donors (Lipinski definition) is 1. The van der Waals surface area contributed by atoms with Crippen LogP contribution in [0.15, 0.2) is 30.3 Å². The summed E-state index contributed by atoms with van der Waals surface area (Å²) >= 11 is 0. The number of para-hydroxylation sites is 1. The highest BCUT2D eigenvalue weighted by molar-refractivity contribution is 5.97. The van der Waals surface area contributed by atoms with Crippen LogP contribution in [0, 0.1) is 0 Å². The van der Waals surface area contributed by atoms with Crippen LogP contribution < -0.4 is 24.3 Å². The minimum atomic E-state index is -0.300. The second-order valence-electron chi connectivity index (χ2n) is 7.76. The lowest BCUT2D eigenvalue weighted by Crippen LogP contribution is -2.26. The van der Waals surface area contributed by atoms with Crippen molar-refractivity contribution in [2.45, 2.75) is 38.2 Å². The molecule has 2 heterocycles. The van der Waals surface area contributed by atoms with E-state index < -0.39 is 0 Å². The van der Waals surface area contributed by atoms with Gasteiger partial charge in [0.1, 0.15) is 5.60 Å². The van der Waals surface area contributed by atoms with Gasteiger partial charge >= 0.3 is 0 Å². The Balaban J connectivity index is 1.61. The maximum Gasteiger partial charge on any atom is 0.232 e. The maximum absolute atomic E-state index is 13.1. The number of amides is 1. The van der Waals surface area contributed by atoms with Gasteiger partial charge in [-0.2, -0.15) is 0 Å². The van der Waals surface area contributed by atoms with Crippen molar-refractivity contribution in [2.24, 2.45) is 0 Å². The summed E-state index contributed by atoms with van der Waals surface area (Å²) in [4.78, 5) is 13.1. The summed E-state index contributed by atoms with van der Waals surface area (Å²) in [5.74, 6) is 2.31. The number of nitrogens with one attached hydrogen (secondary N) is 1. The molecule has 6 heteroatoms. The van der Waals surface area contributed by atoms with E-state index in [1.807, 2.05) is 44.2 Å². The second kappa shape index (κ2) is 6.93. The van der Waals surface area contributed by atoms with Gasteiger partial charge in [-0.3, -0.25) is 4.79 Å². The Kier molecular flexibility index (Phi) is 4.57. The van der Waals surface area contributed by atoms with Crippen molar-refractivity contribution in [2.75, 3.05) is 26.1 Å². The third-order valence-electron chi connectivity index (χ3n) is 5.19. The molecule has 0 saturated heterocycles. The minimum Gasteiger partial charge on any atom is -0.493 e. The molecule has 0 aromatic heterocycles. The summed E-state index contributed by atoms with van der Waals surface area (Å²) in [6.45, 7) is 4.55. The number of ether oxygens (including phenoxy) is 4. The highest BCUT2D eigenvalue weighted by Gasteiger charge is 2.34. The largest absolute Gasteiger partial charge is 0.493 e. The van der Waals surface area contributed by atoms with Crippen molar-refractivity contribution in [1.29, 1.82) is 0 Å². The zero-order chi connectivity index (χ0) is 19.9. The molecule has 6 nitrogen and oxygen atoms in total. The molecule has 1 amide bonds. The average Bonchev–Trinajstić information content (AvgIpc) is 3.00. The number of hydrogen-bond acceptors (Lipinski definition) is 5. The normalized spacial score (nSPS) is 18.9. The average molecular weight is 383 g/mol. The van der Waals surface area contributed by atoms with E-state index in [2.05, 4.69) is 5.32 Å². The maximum atomic E-state index is 13.1. The zero-order valence-corrected chi connectivity index (χ0v) is 16.6. The van der Waals surface area contributed by atoms with Crippen LogP contribution in [-0.2, 0) is 11.2 Å². The zero-order valence-electron chi connectivity index (χ0n) is 16.6. The molecule has 1 atom stereocenters. The van der Waals surface area contributed by atoms with Crippen LogP contribution in [0.1, 0.15) is 37.3 Å². The van der Waals surface area contributed by atoms with Crippen LogP contribution in [-0.4, -0.2) is 32.3 Å². The number of benzene rings is 2. The topological polar surface area (TPSA) is 66.0 Å². The van der Waals surface area contributed by atoms with Gasteiger partial charge in [0.05, 0.1) is 26.7 Å². The smallest absolute Gasteiger partial charge is 0.232 e. The van der Waals surface area contributed by atoms with E-state index in [4.69, 9.17) is 18.9 Å². The Bertz CT molecular complexity index is 921. The summed E-state index contributed by atoms with van der Waals surface area (Å²) < 4.78 is 22.6. The Morgan fingerprint density at radius 3 is 2.68 bits per heavy atom. The summed E-state index contributed by atoms with van der Waals surface area (Å²) in [6.07, 6.45) is 1.38. The molecule has 0 aliphatic carbocycles. The molecule has 28 heavy (non-hydrogen) atoms. The van der Waals surface area contributed by atoms with Crippen LogP contribution in [0.2, 0.25) is 0 Å². The monoisotopic (exact) mass is 383 g/mol. The quantitative estimate of drug-likeness (QED) is 0.867. The van der Waals surface area contributed by atoms with Crippen LogP contribution in [0.4, 0.5) is 5.69 Å². The van der Waals surface area contributed by atoms with Crippen LogP contribution in [0.25, 0.3) is 0 Å². The standard InChI is InChI=1S/C22H25NO5/c1-22(2)12-13-10-14(11-18(26-4)19(13)28-22)23-21(24)16-8-9-27-20-15(16)6-5-7-17(20)25-3/h5-7,10-11,16H,8-9,12H2,1-4H3,(H,23,24). The fourth-order valence-corrected chi connectivity index (χ4v) is 3.96. The van der Waals surface area contributed by atoms with E-state index in [0.717, 1.165) is 23.3 Å². The van der Waals surface area contributed by atoms with Gasteiger partial charge in [-0.1, -0.05) is 12.1 Å². The van der Waals surface area contributed by atoms with E-state index in [-0.39, 0.29) is 17.4 Å². The van der Waals surface area contributed by atoms with Gasteiger partial charge in [-0.05, 0) is 32.4 Å². The molecule has 148 valence electrons. The van der Waals surface area contributed by atoms with Gasteiger partial charge in [0.25, 0.3) is 0 Å². The first-order valence-corrected chi connectivity index (χ1v) is 9.42. The molecule has 0 radical (unpaired) electrons. The first kappa shape index (κ1) is 18.5. The predicted molar refractivity (Wildman–Crippen MR) is 106 cm³/mol. The van der Waals surface area contributed by atoms with Crippen molar-refractivity contribution in [3.05, 3.63) is 41.5 Å². The molecule has 2 aromatic carbocycles. The highest BCUT2D eigenvalue weighted by Crippen LogP contribution is 2.45. The van der Waals surface area contributed by atoms with Crippen LogP contribution >= 0.6 is 0 Å². The molecule has 4 rings (SSSR count).